The molecule has 4 heteroatoms. The van der Waals surface area contributed by atoms with Crippen LogP contribution in [-0.4, -0.2) is 10.2 Å². The van der Waals surface area contributed by atoms with Crippen LogP contribution in [0.3, 0.4) is 0 Å². The van der Waals surface area contributed by atoms with Gasteiger partial charge in [0.15, 0.2) is 0 Å². The summed E-state index contributed by atoms with van der Waals surface area (Å²) in [5, 5.41) is 19.6. The van der Waals surface area contributed by atoms with Gasteiger partial charge in [-0.05, 0) is 35.9 Å². The van der Waals surface area contributed by atoms with Gasteiger partial charge >= 0.3 is 0 Å². The number of rotatable bonds is 1. The maximum absolute atomic E-state index is 13.1. The van der Waals surface area contributed by atoms with Crippen LogP contribution in [0.2, 0.25) is 0 Å². The highest BCUT2D eigenvalue weighted by Gasteiger charge is 2.28. The fraction of sp³-hybridized carbons (Fsp3) is 0.200. The van der Waals surface area contributed by atoms with Crippen LogP contribution in [0, 0.1) is 5.82 Å². The molecule has 0 saturated carbocycles. The summed E-state index contributed by atoms with van der Waals surface area (Å²) >= 11 is 0. The van der Waals surface area contributed by atoms with Gasteiger partial charge in [-0.15, -0.1) is 0 Å². The van der Waals surface area contributed by atoms with Crippen LogP contribution in [0.4, 0.5) is 4.39 Å². The summed E-state index contributed by atoms with van der Waals surface area (Å²) < 4.78 is 18.9. The molecule has 0 spiro atoms. The van der Waals surface area contributed by atoms with Crippen LogP contribution in [0.1, 0.15) is 29.8 Å². The number of aliphatic hydroxyl groups is 1. The summed E-state index contributed by atoms with van der Waals surface area (Å²) in [5.41, 5.74) is 1.26. The fourth-order valence-electron chi connectivity index (χ4n) is 2.35. The lowest BCUT2D eigenvalue weighted by Gasteiger charge is -2.30. The summed E-state index contributed by atoms with van der Waals surface area (Å²) in [7, 11) is 0. The molecule has 1 aliphatic rings. The van der Waals surface area contributed by atoms with Crippen LogP contribution in [-0.2, 0) is 0 Å². The van der Waals surface area contributed by atoms with E-state index in [1.54, 1.807) is 18.2 Å². The molecule has 0 aromatic heterocycles. The van der Waals surface area contributed by atoms with Crippen molar-refractivity contribution in [2.45, 2.75) is 18.6 Å². The number of aromatic hydroxyl groups is 1. The summed E-state index contributed by atoms with van der Waals surface area (Å²) in [5.74, 6) is 0.242. The van der Waals surface area contributed by atoms with E-state index in [2.05, 4.69) is 0 Å². The Kier molecular flexibility index (Phi) is 2.87. The van der Waals surface area contributed by atoms with E-state index in [1.807, 2.05) is 6.07 Å². The quantitative estimate of drug-likeness (QED) is 0.828. The monoisotopic (exact) mass is 260 g/mol. The van der Waals surface area contributed by atoms with Gasteiger partial charge in [0.05, 0.1) is 6.10 Å². The first-order valence-corrected chi connectivity index (χ1v) is 6.06. The molecule has 2 N–H and O–H groups in total. The van der Waals surface area contributed by atoms with Gasteiger partial charge in [0.2, 0.25) is 0 Å². The van der Waals surface area contributed by atoms with E-state index in [9.17, 15) is 14.6 Å². The second-order valence-electron chi connectivity index (χ2n) is 4.64. The van der Waals surface area contributed by atoms with Crippen LogP contribution in [0.25, 0.3) is 0 Å². The third kappa shape index (κ3) is 2.27. The van der Waals surface area contributed by atoms with Crippen molar-refractivity contribution in [3.8, 4) is 11.5 Å². The molecule has 2 atom stereocenters. The molecule has 98 valence electrons. The maximum atomic E-state index is 13.1. The third-order valence-electron chi connectivity index (χ3n) is 3.28. The molecule has 19 heavy (non-hydrogen) atoms. The Labute approximate surface area is 109 Å². The number of benzene rings is 2. The van der Waals surface area contributed by atoms with Gasteiger partial charge in [0.25, 0.3) is 0 Å². The molecular formula is C15H13FO3. The number of hydrogen-bond acceptors (Lipinski definition) is 3. The number of aliphatic hydroxyl groups excluding tert-OH is 1. The van der Waals surface area contributed by atoms with Crippen molar-refractivity contribution in [1.29, 1.82) is 0 Å². The second kappa shape index (κ2) is 4.55. The third-order valence-corrected chi connectivity index (χ3v) is 3.28. The smallest absolute Gasteiger partial charge is 0.127 e. The molecule has 0 aliphatic carbocycles. The SMILES string of the molecule is Oc1cccc(C2C[C@H](O)c3cc(F)ccc3O2)c1. The summed E-state index contributed by atoms with van der Waals surface area (Å²) in [6, 6.07) is 10.8. The van der Waals surface area contributed by atoms with Crippen molar-refractivity contribution >= 4 is 0 Å². The van der Waals surface area contributed by atoms with E-state index >= 15 is 0 Å². The molecular weight excluding hydrogens is 247 g/mol. The van der Waals surface area contributed by atoms with E-state index in [0.29, 0.717) is 17.7 Å². The van der Waals surface area contributed by atoms with Crippen molar-refractivity contribution in [2.24, 2.45) is 0 Å². The first-order valence-electron chi connectivity index (χ1n) is 6.06. The number of hydrogen-bond donors (Lipinski definition) is 2. The highest BCUT2D eigenvalue weighted by molar-refractivity contribution is 5.39. The lowest BCUT2D eigenvalue weighted by molar-refractivity contribution is 0.0652. The van der Waals surface area contributed by atoms with E-state index in [4.69, 9.17) is 4.74 Å². The Bertz CT molecular complexity index is 612. The summed E-state index contributed by atoms with van der Waals surface area (Å²) in [6.45, 7) is 0. The molecule has 1 aliphatic heterocycles. The highest BCUT2D eigenvalue weighted by Crippen LogP contribution is 2.41. The minimum atomic E-state index is -0.771. The highest BCUT2D eigenvalue weighted by atomic mass is 19.1. The molecule has 2 aromatic carbocycles. The van der Waals surface area contributed by atoms with E-state index in [0.717, 1.165) is 5.56 Å². The predicted octanol–water partition coefficient (Wildman–Crippen LogP) is 3.09. The number of phenolic OH excluding ortho intramolecular Hbond substituents is 1. The minimum absolute atomic E-state index is 0.153. The van der Waals surface area contributed by atoms with Crippen molar-refractivity contribution in [3.63, 3.8) is 0 Å². The van der Waals surface area contributed by atoms with Crippen LogP contribution >= 0.6 is 0 Å². The molecule has 3 rings (SSSR count). The first kappa shape index (κ1) is 12.0. The van der Waals surface area contributed by atoms with Crippen molar-refractivity contribution in [2.75, 3.05) is 0 Å². The fourth-order valence-corrected chi connectivity index (χ4v) is 2.35. The molecule has 0 fully saturated rings. The largest absolute Gasteiger partial charge is 0.508 e. The van der Waals surface area contributed by atoms with Crippen molar-refractivity contribution in [1.82, 2.24) is 0 Å². The zero-order chi connectivity index (χ0) is 13.4. The zero-order valence-corrected chi connectivity index (χ0v) is 10.1. The van der Waals surface area contributed by atoms with E-state index in [-0.39, 0.29) is 11.9 Å². The van der Waals surface area contributed by atoms with Crippen molar-refractivity contribution < 1.29 is 19.3 Å². The molecule has 0 radical (unpaired) electrons. The summed E-state index contributed by atoms with van der Waals surface area (Å²) in [6.07, 6.45) is -0.785. The second-order valence-corrected chi connectivity index (χ2v) is 4.64. The molecule has 1 heterocycles. The lowest BCUT2D eigenvalue weighted by atomic mass is 9.95. The van der Waals surface area contributed by atoms with Gasteiger partial charge < -0.3 is 14.9 Å². The molecule has 2 aromatic rings. The Morgan fingerprint density at radius 3 is 2.79 bits per heavy atom. The van der Waals surface area contributed by atoms with Gasteiger partial charge in [-0.2, -0.15) is 0 Å². The van der Waals surface area contributed by atoms with Gasteiger partial charge in [0.1, 0.15) is 23.4 Å². The molecule has 1 unspecified atom stereocenters. The van der Waals surface area contributed by atoms with Gasteiger partial charge in [-0.25, -0.2) is 4.39 Å². The Hall–Kier alpha value is -2.07. The van der Waals surface area contributed by atoms with Gasteiger partial charge in [-0.3, -0.25) is 0 Å². The molecule has 0 saturated heterocycles. The van der Waals surface area contributed by atoms with Gasteiger partial charge in [-0.1, -0.05) is 12.1 Å². The van der Waals surface area contributed by atoms with Gasteiger partial charge in [0, 0.05) is 12.0 Å². The normalized spacial score (nSPS) is 21.6. The first-order chi connectivity index (χ1) is 9.13. The molecule has 0 amide bonds. The van der Waals surface area contributed by atoms with Crippen molar-refractivity contribution in [3.05, 3.63) is 59.4 Å². The lowest BCUT2D eigenvalue weighted by Crippen LogP contribution is -2.19. The zero-order valence-electron chi connectivity index (χ0n) is 10.1. The average molecular weight is 260 g/mol. The number of halogens is 1. The Morgan fingerprint density at radius 1 is 1.16 bits per heavy atom. The Morgan fingerprint density at radius 2 is 2.00 bits per heavy atom. The molecule has 3 nitrogen and oxygen atoms in total. The van der Waals surface area contributed by atoms with E-state index < -0.39 is 11.9 Å². The van der Waals surface area contributed by atoms with Crippen LogP contribution in [0.15, 0.2) is 42.5 Å². The predicted molar refractivity (Wildman–Crippen MR) is 67.5 cm³/mol. The summed E-state index contributed by atoms with van der Waals surface area (Å²) in [4.78, 5) is 0. The minimum Gasteiger partial charge on any atom is -0.508 e. The molecule has 0 bridgehead atoms. The number of phenols is 1. The number of fused-ring (bicyclic) bond motifs is 1. The standard InChI is InChI=1S/C15H13FO3/c16-10-4-5-14-12(7-10)13(18)8-15(19-14)9-2-1-3-11(17)6-9/h1-7,13,15,17-18H,8H2/t13-,15?/m0/s1. The van der Waals surface area contributed by atoms with E-state index in [1.165, 1.54) is 18.2 Å². The van der Waals surface area contributed by atoms with Crippen LogP contribution < -0.4 is 4.74 Å². The number of ether oxygens (including phenoxy) is 1. The maximum Gasteiger partial charge on any atom is 0.127 e. The average Bonchev–Trinajstić information content (AvgIpc) is 2.39. The van der Waals surface area contributed by atoms with Crippen LogP contribution in [0.5, 0.6) is 11.5 Å². The topological polar surface area (TPSA) is 49.7 Å². The Balaban J connectivity index is 1.95.